The van der Waals surface area contributed by atoms with Gasteiger partial charge in [-0.25, -0.2) is 0 Å². The number of rotatable bonds is 2. The summed E-state index contributed by atoms with van der Waals surface area (Å²) in [5.74, 6) is -0.155. The van der Waals surface area contributed by atoms with Crippen molar-refractivity contribution in [3.05, 3.63) is 60.1 Å². The Labute approximate surface area is 145 Å². The summed E-state index contributed by atoms with van der Waals surface area (Å²) >= 11 is 11.6. The molecule has 0 aliphatic carbocycles. The van der Waals surface area contributed by atoms with Gasteiger partial charge in [0.2, 0.25) is 0 Å². The summed E-state index contributed by atoms with van der Waals surface area (Å²) in [6, 6.07) is 9.15. The number of hydrogen-bond acceptors (Lipinski definition) is 1. The fraction of sp³-hybridized carbons (Fsp3) is 0.133. The first-order valence-corrected chi connectivity index (χ1v) is 8.16. The topological polar surface area (TPSA) is 29.1 Å². The first kappa shape index (κ1) is 15.8. The molecule has 0 aliphatic heterocycles. The highest BCUT2D eigenvalue weighted by Crippen LogP contribution is 2.26. The van der Waals surface area contributed by atoms with Crippen LogP contribution in [0.2, 0.25) is 5.02 Å². The molecule has 20 heavy (non-hydrogen) atoms. The highest BCUT2D eigenvalue weighted by molar-refractivity contribution is 14.1. The molecule has 0 aromatic heterocycles. The van der Waals surface area contributed by atoms with Crippen molar-refractivity contribution in [2.75, 3.05) is 5.32 Å². The second-order valence-corrected chi connectivity index (χ2v) is 6.89. The Hall–Kier alpha value is -0.590. The summed E-state index contributed by atoms with van der Waals surface area (Å²) in [5, 5.41) is 3.47. The molecule has 104 valence electrons. The van der Waals surface area contributed by atoms with Crippen molar-refractivity contribution >= 4 is 61.7 Å². The zero-order valence-electron chi connectivity index (χ0n) is 10.9. The van der Waals surface area contributed by atoms with Crippen LogP contribution >= 0.6 is 50.1 Å². The molecule has 0 atom stereocenters. The highest BCUT2D eigenvalue weighted by atomic mass is 127. The van der Waals surface area contributed by atoms with Gasteiger partial charge >= 0.3 is 0 Å². The fourth-order valence-electron chi connectivity index (χ4n) is 1.89. The molecule has 0 saturated heterocycles. The van der Waals surface area contributed by atoms with Crippen LogP contribution < -0.4 is 5.32 Å². The van der Waals surface area contributed by atoms with Crippen LogP contribution in [-0.4, -0.2) is 5.91 Å². The number of halogens is 3. The molecule has 2 rings (SSSR count). The molecule has 0 saturated carbocycles. The van der Waals surface area contributed by atoms with E-state index >= 15 is 0 Å². The maximum atomic E-state index is 12.3. The van der Waals surface area contributed by atoms with Gasteiger partial charge in [0.25, 0.3) is 5.91 Å². The summed E-state index contributed by atoms with van der Waals surface area (Å²) in [5.41, 5.74) is 3.53. The van der Waals surface area contributed by atoms with Crippen molar-refractivity contribution in [3.8, 4) is 0 Å². The molecule has 1 amide bonds. The van der Waals surface area contributed by atoms with Crippen LogP contribution in [0.3, 0.4) is 0 Å². The number of benzene rings is 2. The van der Waals surface area contributed by atoms with E-state index in [1.807, 2.05) is 32.0 Å². The minimum Gasteiger partial charge on any atom is -0.322 e. The number of anilines is 1. The largest absolute Gasteiger partial charge is 0.322 e. The Morgan fingerprint density at radius 3 is 2.40 bits per heavy atom. The SMILES string of the molecule is Cc1cc(NC(=O)c2cc(Cl)ccc2I)cc(C)c1Br. The molecule has 0 heterocycles. The Bertz CT molecular complexity index is 665. The third kappa shape index (κ3) is 3.54. The third-order valence-electron chi connectivity index (χ3n) is 2.87. The fourth-order valence-corrected chi connectivity index (χ4v) is 2.87. The quantitative estimate of drug-likeness (QED) is 0.578. The van der Waals surface area contributed by atoms with E-state index in [1.165, 1.54) is 0 Å². The van der Waals surface area contributed by atoms with Crippen molar-refractivity contribution < 1.29 is 4.79 Å². The van der Waals surface area contributed by atoms with Crippen LogP contribution in [0.1, 0.15) is 21.5 Å². The van der Waals surface area contributed by atoms with E-state index in [9.17, 15) is 4.79 Å². The Morgan fingerprint density at radius 1 is 1.20 bits per heavy atom. The van der Waals surface area contributed by atoms with Crippen molar-refractivity contribution in [2.24, 2.45) is 0 Å². The summed E-state index contributed by atoms with van der Waals surface area (Å²) in [6.07, 6.45) is 0. The molecular formula is C15H12BrClINO. The number of carbonyl (C=O) groups excluding carboxylic acids is 1. The lowest BCUT2D eigenvalue weighted by molar-refractivity contribution is 0.102. The Kier molecular flexibility index (Phi) is 5.09. The summed E-state index contributed by atoms with van der Waals surface area (Å²) in [7, 11) is 0. The number of nitrogens with one attached hydrogen (secondary N) is 1. The predicted octanol–water partition coefficient (Wildman–Crippen LogP) is 5.58. The van der Waals surface area contributed by atoms with E-state index in [0.717, 1.165) is 24.9 Å². The molecule has 0 fully saturated rings. The van der Waals surface area contributed by atoms with Crippen LogP contribution in [0.15, 0.2) is 34.8 Å². The molecule has 0 unspecified atom stereocenters. The van der Waals surface area contributed by atoms with Gasteiger partial charge in [0.15, 0.2) is 0 Å². The standard InChI is InChI=1S/C15H12BrClINO/c1-8-5-11(6-9(2)14(8)16)19-15(20)12-7-10(17)3-4-13(12)18/h3-7H,1-2H3,(H,19,20). The van der Waals surface area contributed by atoms with E-state index in [1.54, 1.807) is 12.1 Å². The molecule has 0 spiro atoms. The van der Waals surface area contributed by atoms with Gasteiger partial charge in [-0.3, -0.25) is 4.79 Å². The summed E-state index contributed by atoms with van der Waals surface area (Å²) in [6.45, 7) is 3.99. The highest BCUT2D eigenvalue weighted by Gasteiger charge is 2.12. The number of carbonyl (C=O) groups is 1. The van der Waals surface area contributed by atoms with E-state index in [4.69, 9.17) is 11.6 Å². The van der Waals surface area contributed by atoms with Crippen molar-refractivity contribution in [2.45, 2.75) is 13.8 Å². The van der Waals surface area contributed by atoms with Gasteiger partial charge in [0, 0.05) is 18.8 Å². The first-order chi connectivity index (χ1) is 9.38. The molecule has 0 radical (unpaired) electrons. The number of hydrogen-bond donors (Lipinski definition) is 1. The Morgan fingerprint density at radius 2 is 1.80 bits per heavy atom. The second-order valence-electron chi connectivity index (χ2n) is 4.50. The van der Waals surface area contributed by atoms with Gasteiger partial charge in [0.05, 0.1) is 5.56 Å². The molecule has 2 nitrogen and oxygen atoms in total. The van der Waals surface area contributed by atoms with Gasteiger partial charge in [-0.15, -0.1) is 0 Å². The van der Waals surface area contributed by atoms with Crippen molar-refractivity contribution in [1.82, 2.24) is 0 Å². The van der Waals surface area contributed by atoms with E-state index in [-0.39, 0.29) is 5.91 Å². The summed E-state index contributed by atoms with van der Waals surface area (Å²) < 4.78 is 1.93. The lowest BCUT2D eigenvalue weighted by atomic mass is 10.1. The van der Waals surface area contributed by atoms with Crippen LogP contribution in [0, 0.1) is 17.4 Å². The number of amides is 1. The minimum atomic E-state index is -0.155. The van der Waals surface area contributed by atoms with Crippen LogP contribution in [0.25, 0.3) is 0 Å². The molecule has 0 bridgehead atoms. The average Bonchev–Trinajstić information content (AvgIpc) is 2.38. The number of aryl methyl sites for hydroxylation is 2. The van der Waals surface area contributed by atoms with Gasteiger partial charge < -0.3 is 5.32 Å². The normalized spacial score (nSPS) is 10.4. The van der Waals surface area contributed by atoms with Gasteiger partial charge in [-0.05, 0) is 77.9 Å². The van der Waals surface area contributed by atoms with Crippen molar-refractivity contribution in [3.63, 3.8) is 0 Å². The second kappa shape index (κ2) is 6.45. The van der Waals surface area contributed by atoms with E-state index in [2.05, 4.69) is 43.8 Å². The lowest BCUT2D eigenvalue weighted by Gasteiger charge is -2.11. The van der Waals surface area contributed by atoms with Gasteiger partial charge in [-0.2, -0.15) is 0 Å². The van der Waals surface area contributed by atoms with Crippen molar-refractivity contribution in [1.29, 1.82) is 0 Å². The summed E-state index contributed by atoms with van der Waals surface area (Å²) in [4.78, 5) is 12.3. The minimum absolute atomic E-state index is 0.155. The average molecular weight is 465 g/mol. The van der Waals surface area contributed by atoms with E-state index in [0.29, 0.717) is 10.6 Å². The zero-order chi connectivity index (χ0) is 14.9. The first-order valence-electron chi connectivity index (χ1n) is 5.91. The smallest absolute Gasteiger partial charge is 0.256 e. The third-order valence-corrected chi connectivity index (χ3v) is 5.29. The van der Waals surface area contributed by atoms with Crippen LogP contribution in [0.5, 0.6) is 0 Å². The maximum absolute atomic E-state index is 12.3. The Balaban J connectivity index is 2.30. The zero-order valence-corrected chi connectivity index (χ0v) is 15.4. The predicted molar refractivity (Wildman–Crippen MR) is 95.7 cm³/mol. The van der Waals surface area contributed by atoms with Gasteiger partial charge in [-0.1, -0.05) is 27.5 Å². The van der Waals surface area contributed by atoms with E-state index < -0.39 is 0 Å². The molecule has 5 heteroatoms. The molecular weight excluding hydrogens is 452 g/mol. The lowest BCUT2D eigenvalue weighted by Crippen LogP contribution is -2.13. The maximum Gasteiger partial charge on any atom is 0.256 e. The molecule has 2 aromatic rings. The van der Waals surface area contributed by atoms with Crippen LogP contribution in [0.4, 0.5) is 5.69 Å². The monoisotopic (exact) mass is 463 g/mol. The molecule has 1 N–H and O–H groups in total. The van der Waals surface area contributed by atoms with Crippen LogP contribution in [-0.2, 0) is 0 Å². The molecule has 2 aromatic carbocycles. The molecule has 0 aliphatic rings. The van der Waals surface area contributed by atoms with Gasteiger partial charge in [0.1, 0.15) is 0 Å².